The van der Waals surface area contributed by atoms with Gasteiger partial charge >= 0.3 is 0 Å². The molecule has 0 bridgehead atoms. The van der Waals surface area contributed by atoms with Crippen LogP contribution in [0, 0.1) is 5.82 Å². The van der Waals surface area contributed by atoms with Crippen LogP contribution in [0.15, 0.2) is 53.5 Å². The molecule has 0 spiro atoms. The van der Waals surface area contributed by atoms with Crippen LogP contribution in [0.25, 0.3) is 28.3 Å². The molecule has 0 aliphatic rings. The van der Waals surface area contributed by atoms with Crippen molar-refractivity contribution in [3.05, 3.63) is 60.6 Å². The van der Waals surface area contributed by atoms with Gasteiger partial charge in [-0.05, 0) is 37.2 Å². The number of benzene rings is 1. The lowest BCUT2D eigenvalue weighted by Crippen LogP contribution is -2.42. The summed E-state index contributed by atoms with van der Waals surface area (Å²) < 4.78 is 70.8. The summed E-state index contributed by atoms with van der Waals surface area (Å²) in [6.45, 7) is 8.31. The van der Waals surface area contributed by atoms with Gasteiger partial charge in [0.1, 0.15) is 35.0 Å². The van der Waals surface area contributed by atoms with E-state index in [1.807, 2.05) is 0 Å². The summed E-state index contributed by atoms with van der Waals surface area (Å²) in [5, 5.41) is 7.85. The highest BCUT2D eigenvalue weighted by Crippen LogP contribution is 2.39. The van der Waals surface area contributed by atoms with Crippen LogP contribution in [-0.2, 0) is 27.9 Å². The Morgan fingerprint density at radius 1 is 1.04 bits per heavy atom. The fourth-order valence-electron chi connectivity index (χ4n) is 5.12. The molecule has 1 aromatic carbocycles. The van der Waals surface area contributed by atoms with E-state index in [0.717, 1.165) is 6.20 Å². The second-order valence-electron chi connectivity index (χ2n) is 12.0. The average molecular weight is 672 g/mol. The molecule has 0 radical (unpaired) electrons. The minimum atomic E-state index is -4.16. The number of para-hydroxylation sites is 1. The van der Waals surface area contributed by atoms with E-state index >= 15 is 0 Å². The Morgan fingerprint density at radius 2 is 1.76 bits per heavy atom. The molecule has 13 nitrogen and oxygen atoms in total. The molecule has 0 saturated heterocycles. The molecule has 0 amide bonds. The number of hydrogen-bond donors (Lipinski definition) is 0. The summed E-state index contributed by atoms with van der Waals surface area (Å²) in [7, 11) is -1.41. The highest BCUT2D eigenvalue weighted by Gasteiger charge is 2.37. The van der Waals surface area contributed by atoms with Gasteiger partial charge in [-0.25, -0.2) is 22.1 Å². The molecule has 0 fully saturated rings. The first-order valence-electron chi connectivity index (χ1n) is 14.6. The number of furan rings is 1. The third kappa shape index (κ3) is 6.36. The number of hydrogen-bond acceptors (Lipinski definition) is 10. The molecule has 0 aliphatic heterocycles. The molecular formula is C30H38FN7O6SSi. The van der Waals surface area contributed by atoms with Gasteiger partial charge in [0.05, 0.1) is 44.0 Å². The van der Waals surface area contributed by atoms with E-state index in [9.17, 15) is 12.8 Å². The number of rotatable bonds is 14. The van der Waals surface area contributed by atoms with Crippen LogP contribution in [0.4, 0.5) is 10.3 Å². The van der Waals surface area contributed by atoms with Crippen molar-refractivity contribution in [2.45, 2.75) is 51.0 Å². The van der Waals surface area contributed by atoms with Crippen molar-refractivity contribution in [3.63, 3.8) is 0 Å². The first-order valence-corrected chi connectivity index (χ1v) is 19.8. The normalized spacial score (nSPS) is 12.9. The number of anilines is 1. The van der Waals surface area contributed by atoms with Crippen LogP contribution in [0.2, 0.25) is 25.7 Å². The van der Waals surface area contributed by atoms with Crippen molar-refractivity contribution < 1.29 is 31.4 Å². The number of aromatic nitrogens is 6. The van der Waals surface area contributed by atoms with E-state index in [1.165, 1.54) is 42.8 Å². The second kappa shape index (κ2) is 13.2. The number of fused-ring (bicyclic) bond motifs is 1. The Hall–Kier alpha value is -4.28. The van der Waals surface area contributed by atoms with Crippen molar-refractivity contribution >= 4 is 35.1 Å². The molecule has 5 aromatic rings. The molecule has 4 aromatic heterocycles. The van der Waals surface area contributed by atoms with Crippen molar-refractivity contribution in [1.82, 2.24) is 29.3 Å². The minimum absolute atomic E-state index is 0.0380. The van der Waals surface area contributed by atoms with Gasteiger partial charge in [0.25, 0.3) is 0 Å². The zero-order chi connectivity index (χ0) is 33.2. The quantitative estimate of drug-likeness (QED) is 0.146. The molecular weight excluding hydrogens is 634 g/mol. The lowest BCUT2D eigenvalue weighted by molar-refractivity contribution is 0.134. The van der Waals surface area contributed by atoms with Gasteiger partial charge in [0, 0.05) is 28.1 Å². The van der Waals surface area contributed by atoms with Crippen LogP contribution < -0.4 is 13.8 Å². The number of ether oxygens (including phenoxy) is 3. The molecule has 5 rings (SSSR count). The smallest absolute Gasteiger partial charge is 0.246 e. The molecule has 246 valence electrons. The Bertz CT molecular complexity index is 1900. The van der Waals surface area contributed by atoms with Crippen molar-refractivity contribution in [2.75, 3.05) is 32.2 Å². The van der Waals surface area contributed by atoms with Gasteiger partial charge in [0.2, 0.25) is 21.8 Å². The van der Waals surface area contributed by atoms with E-state index < -0.39 is 29.2 Å². The maximum Gasteiger partial charge on any atom is 0.246 e. The lowest BCUT2D eigenvalue weighted by Gasteiger charge is -2.29. The fourth-order valence-corrected chi connectivity index (χ4v) is 7.67. The third-order valence-electron chi connectivity index (χ3n) is 7.54. The Balaban J connectivity index is 1.66. The van der Waals surface area contributed by atoms with Gasteiger partial charge in [-0.3, -0.25) is 9.55 Å². The van der Waals surface area contributed by atoms with Gasteiger partial charge in [-0.1, -0.05) is 25.7 Å². The van der Waals surface area contributed by atoms with Gasteiger partial charge in [-0.15, -0.1) is 10.2 Å². The zero-order valence-corrected chi connectivity index (χ0v) is 28.7. The van der Waals surface area contributed by atoms with Crippen LogP contribution in [0.1, 0.15) is 12.6 Å². The van der Waals surface area contributed by atoms with Crippen LogP contribution in [-0.4, -0.2) is 78.9 Å². The maximum atomic E-state index is 14.8. The molecule has 1 unspecified atom stereocenters. The summed E-state index contributed by atoms with van der Waals surface area (Å²) in [6, 6.07) is 9.30. The second-order valence-corrected chi connectivity index (χ2v) is 19.9. The molecule has 4 heterocycles. The minimum Gasteiger partial charge on any atom is -0.494 e. The summed E-state index contributed by atoms with van der Waals surface area (Å²) in [6.07, 6.45) is 3.98. The van der Waals surface area contributed by atoms with Crippen molar-refractivity contribution in [2.24, 2.45) is 0 Å². The van der Waals surface area contributed by atoms with E-state index in [0.29, 0.717) is 34.7 Å². The highest BCUT2D eigenvalue weighted by atomic mass is 32.2. The maximum absolute atomic E-state index is 14.8. The average Bonchev–Trinajstić information content (AvgIpc) is 3.78. The lowest BCUT2D eigenvalue weighted by atomic mass is 10.2. The summed E-state index contributed by atoms with van der Waals surface area (Å²) in [5.41, 5.74) is 1.22. The first-order chi connectivity index (χ1) is 21.9. The SMILES string of the molecule is COCn1cnc2c(CC(C)S(=O)(=O)N(CC[Si](C)(C)C)c3nnc(-c4ccco4)n3-c3c(OC)cccc3OC)ncc(F)c21. The van der Waals surface area contributed by atoms with E-state index in [2.05, 4.69) is 39.8 Å². The number of imidazole rings is 1. The van der Waals surface area contributed by atoms with Crippen LogP contribution in [0.5, 0.6) is 11.5 Å². The van der Waals surface area contributed by atoms with Crippen molar-refractivity contribution in [3.8, 4) is 28.8 Å². The Kier molecular flexibility index (Phi) is 9.51. The number of nitrogens with zero attached hydrogens (tertiary/aromatic N) is 7. The molecule has 16 heteroatoms. The topological polar surface area (TPSA) is 140 Å². The van der Waals surface area contributed by atoms with Crippen LogP contribution in [0.3, 0.4) is 0 Å². The van der Waals surface area contributed by atoms with E-state index in [-0.39, 0.29) is 42.5 Å². The van der Waals surface area contributed by atoms with E-state index in [4.69, 9.17) is 18.6 Å². The fraction of sp³-hybridized carbons (Fsp3) is 0.400. The molecule has 0 N–H and O–H groups in total. The Labute approximate surface area is 268 Å². The summed E-state index contributed by atoms with van der Waals surface area (Å²) in [4.78, 5) is 8.59. The number of sulfonamides is 1. The molecule has 46 heavy (non-hydrogen) atoms. The van der Waals surface area contributed by atoms with E-state index in [1.54, 1.807) is 41.8 Å². The standard InChI is InChI=1S/C30H38FN7O6SSi/c1-20(16-22-26-27(21(31)17-32-22)36(18-33-26)19-41-2)45(39,40)37(13-15-46(5,6)7)30-35-34-29(25-12-9-14-44-25)38(30)28-23(42-3)10-8-11-24(28)43-4/h8-12,14,17-18,20H,13,15-16,19H2,1-7H3. The molecule has 0 saturated carbocycles. The van der Waals surface area contributed by atoms with Gasteiger partial charge in [-0.2, -0.15) is 0 Å². The third-order valence-corrected chi connectivity index (χ3v) is 11.4. The highest BCUT2D eigenvalue weighted by molar-refractivity contribution is 7.93. The number of pyridine rings is 1. The zero-order valence-electron chi connectivity index (χ0n) is 26.9. The number of methoxy groups -OCH3 is 3. The number of halogens is 1. The predicted molar refractivity (Wildman–Crippen MR) is 174 cm³/mol. The molecule has 1 atom stereocenters. The first kappa shape index (κ1) is 33.1. The van der Waals surface area contributed by atoms with Gasteiger partial charge < -0.3 is 23.2 Å². The summed E-state index contributed by atoms with van der Waals surface area (Å²) >= 11 is 0. The predicted octanol–water partition coefficient (Wildman–Crippen LogP) is 5.14. The van der Waals surface area contributed by atoms with Crippen LogP contribution >= 0.6 is 0 Å². The van der Waals surface area contributed by atoms with Gasteiger partial charge in [0.15, 0.2) is 11.6 Å². The monoisotopic (exact) mass is 671 g/mol. The molecule has 0 aliphatic carbocycles. The van der Waals surface area contributed by atoms with Crippen molar-refractivity contribution in [1.29, 1.82) is 0 Å². The Morgan fingerprint density at radius 3 is 2.37 bits per heavy atom. The largest absolute Gasteiger partial charge is 0.494 e. The summed E-state index contributed by atoms with van der Waals surface area (Å²) in [5.74, 6) is 0.911.